The van der Waals surface area contributed by atoms with E-state index in [2.05, 4.69) is 26.7 Å². The number of nitrogens with zero attached hydrogens (tertiary/aromatic N) is 2. The number of aromatic nitrogens is 1. The first-order valence-electron chi connectivity index (χ1n) is 8.84. The Hall–Kier alpha value is -1.89. The number of hydrogen-bond acceptors (Lipinski definition) is 5. The number of esters is 1. The minimum Gasteiger partial charge on any atom is -0.462 e. The number of guanidine groups is 1. The summed E-state index contributed by atoms with van der Waals surface area (Å²) in [6.45, 7) is 6.88. The molecule has 1 aliphatic carbocycles. The minimum absolute atomic E-state index is 0.0382. The molecule has 0 aliphatic heterocycles. The third-order valence-electron chi connectivity index (χ3n) is 4.09. The summed E-state index contributed by atoms with van der Waals surface area (Å²) in [5.41, 5.74) is 2.24. The normalized spacial score (nSPS) is 15.7. The number of carbonyl (C=O) groups is 1. The monoisotopic (exact) mass is 364 g/mol. The van der Waals surface area contributed by atoms with Crippen LogP contribution in [0.1, 0.15) is 65.9 Å². The molecule has 25 heavy (non-hydrogen) atoms. The molecule has 0 saturated heterocycles. The Bertz CT molecular complexity index is 652. The number of aryl methyl sites for hydroxylation is 1. The van der Waals surface area contributed by atoms with Gasteiger partial charge in [0.2, 0.25) is 0 Å². The molecule has 1 aliphatic rings. The van der Waals surface area contributed by atoms with Gasteiger partial charge in [0, 0.05) is 13.6 Å². The predicted molar refractivity (Wildman–Crippen MR) is 102 cm³/mol. The molecule has 1 aromatic rings. The fourth-order valence-corrected chi connectivity index (χ4v) is 3.72. The van der Waals surface area contributed by atoms with E-state index in [9.17, 15) is 4.79 Å². The molecule has 1 heterocycles. The lowest BCUT2D eigenvalue weighted by Crippen LogP contribution is -2.39. The first-order valence-corrected chi connectivity index (χ1v) is 9.66. The third-order valence-corrected chi connectivity index (χ3v) is 5.41. The Morgan fingerprint density at radius 1 is 1.52 bits per heavy atom. The Balaban J connectivity index is 1.89. The van der Waals surface area contributed by atoms with Gasteiger partial charge >= 0.3 is 5.97 Å². The fraction of sp³-hybridized carbons (Fsp3) is 0.611. The van der Waals surface area contributed by atoms with Crippen LogP contribution >= 0.6 is 11.3 Å². The van der Waals surface area contributed by atoms with Gasteiger partial charge in [0.15, 0.2) is 5.96 Å². The SMILES string of the molecule is CCOC(=O)c1sc(C(C)NC(=NC)NCCC2=CCCC2)nc1C. The van der Waals surface area contributed by atoms with Crippen molar-refractivity contribution in [3.8, 4) is 0 Å². The molecular formula is C18H28N4O2S. The van der Waals surface area contributed by atoms with Crippen LogP contribution in [0.3, 0.4) is 0 Å². The molecule has 2 N–H and O–H groups in total. The van der Waals surface area contributed by atoms with Gasteiger partial charge < -0.3 is 15.4 Å². The van der Waals surface area contributed by atoms with E-state index in [4.69, 9.17) is 4.74 Å². The third kappa shape index (κ3) is 5.56. The second-order valence-electron chi connectivity index (χ2n) is 6.06. The predicted octanol–water partition coefficient (Wildman–Crippen LogP) is 3.35. The molecule has 0 aromatic carbocycles. The summed E-state index contributed by atoms with van der Waals surface area (Å²) >= 11 is 1.37. The lowest BCUT2D eigenvalue weighted by Gasteiger charge is -2.16. The number of thiazole rings is 1. The zero-order valence-electron chi connectivity index (χ0n) is 15.5. The van der Waals surface area contributed by atoms with E-state index >= 15 is 0 Å². The number of aliphatic imine (C=N–C) groups is 1. The summed E-state index contributed by atoms with van der Waals surface area (Å²) in [5.74, 6) is 0.444. The van der Waals surface area contributed by atoms with E-state index in [0.29, 0.717) is 17.2 Å². The van der Waals surface area contributed by atoms with Crippen LogP contribution in [-0.2, 0) is 4.74 Å². The van der Waals surface area contributed by atoms with Crippen LogP contribution in [0.5, 0.6) is 0 Å². The molecule has 0 radical (unpaired) electrons. The Morgan fingerprint density at radius 3 is 2.96 bits per heavy atom. The van der Waals surface area contributed by atoms with E-state index in [0.717, 1.165) is 23.9 Å². The van der Waals surface area contributed by atoms with Gasteiger partial charge in [-0.3, -0.25) is 4.99 Å². The number of rotatable bonds is 7. The number of ether oxygens (including phenoxy) is 1. The van der Waals surface area contributed by atoms with Crippen LogP contribution in [0.4, 0.5) is 0 Å². The molecule has 0 bridgehead atoms. The molecule has 1 atom stereocenters. The highest BCUT2D eigenvalue weighted by atomic mass is 32.1. The van der Waals surface area contributed by atoms with Crippen LogP contribution in [-0.4, -0.2) is 37.1 Å². The van der Waals surface area contributed by atoms with Crippen LogP contribution < -0.4 is 10.6 Å². The van der Waals surface area contributed by atoms with Gasteiger partial charge in [-0.05, 0) is 46.5 Å². The highest BCUT2D eigenvalue weighted by Crippen LogP contribution is 2.24. The van der Waals surface area contributed by atoms with Crippen LogP contribution in [0, 0.1) is 6.92 Å². The molecular weight excluding hydrogens is 336 g/mol. The zero-order chi connectivity index (χ0) is 18.2. The highest BCUT2D eigenvalue weighted by molar-refractivity contribution is 7.13. The molecule has 0 fully saturated rings. The average Bonchev–Trinajstić information content (AvgIpc) is 3.23. The van der Waals surface area contributed by atoms with Crippen molar-refractivity contribution in [2.75, 3.05) is 20.2 Å². The van der Waals surface area contributed by atoms with Crippen LogP contribution in [0.15, 0.2) is 16.6 Å². The van der Waals surface area contributed by atoms with Crippen molar-refractivity contribution in [3.05, 3.63) is 27.2 Å². The summed E-state index contributed by atoms with van der Waals surface area (Å²) in [4.78, 5) is 21.3. The molecule has 0 saturated carbocycles. The fourth-order valence-electron chi connectivity index (χ4n) is 2.76. The summed E-state index contributed by atoms with van der Waals surface area (Å²) in [6, 6.07) is -0.0382. The van der Waals surface area contributed by atoms with E-state index in [1.165, 1.54) is 36.2 Å². The molecule has 1 aromatic heterocycles. The number of nitrogens with one attached hydrogen (secondary N) is 2. The maximum atomic E-state index is 11.9. The molecule has 0 amide bonds. The quantitative estimate of drug-likeness (QED) is 0.336. The molecule has 0 spiro atoms. The molecule has 6 nitrogen and oxygen atoms in total. The van der Waals surface area contributed by atoms with Gasteiger partial charge in [-0.2, -0.15) is 0 Å². The highest BCUT2D eigenvalue weighted by Gasteiger charge is 2.20. The first-order chi connectivity index (χ1) is 12.0. The van der Waals surface area contributed by atoms with Crippen LogP contribution in [0.2, 0.25) is 0 Å². The maximum Gasteiger partial charge on any atom is 0.350 e. The van der Waals surface area contributed by atoms with Crippen molar-refractivity contribution in [2.45, 2.75) is 52.5 Å². The minimum atomic E-state index is -0.303. The number of hydrogen-bond donors (Lipinski definition) is 2. The summed E-state index contributed by atoms with van der Waals surface area (Å²) in [6.07, 6.45) is 7.12. The number of carbonyl (C=O) groups excluding carboxylic acids is 1. The van der Waals surface area contributed by atoms with E-state index in [1.807, 2.05) is 13.8 Å². The van der Waals surface area contributed by atoms with Crippen molar-refractivity contribution in [1.29, 1.82) is 0 Å². The number of allylic oxidation sites excluding steroid dienone is 1. The van der Waals surface area contributed by atoms with Crippen LogP contribution in [0.25, 0.3) is 0 Å². The summed E-state index contributed by atoms with van der Waals surface area (Å²) in [7, 11) is 1.76. The van der Waals surface area contributed by atoms with Gasteiger partial charge in [0.25, 0.3) is 0 Å². The Labute approximate surface area is 153 Å². The standard InChI is InChI=1S/C18H28N4O2S/c1-5-24-17(23)15-12(2)21-16(25-15)13(3)22-18(19-4)20-11-10-14-8-6-7-9-14/h8,13H,5-7,9-11H2,1-4H3,(H2,19,20,22). The lowest BCUT2D eigenvalue weighted by atomic mass is 10.2. The largest absolute Gasteiger partial charge is 0.462 e. The van der Waals surface area contributed by atoms with E-state index < -0.39 is 0 Å². The topological polar surface area (TPSA) is 75.6 Å². The van der Waals surface area contributed by atoms with Crippen molar-refractivity contribution < 1.29 is 9.53 Å². The summed E-state index contributed by atoms with van der Waals surface area (Å²) in [5, 5.41) is 7.53. The smallest absolute Gasteiger partial charge is 0.350 e. The van der Waals surface area contributed by atoms with E-state index in [-0.39, 0.29) is 12.0 Å². The van der Waals surface area contributed by atoms with Gasteiger partial charge in [-0.1, -0.05) is 11.6 Å². The van der Waals surface area contributed by atoms with Gasteiger partial charge in [-0.25, -0.2) is 9.78 Å². The van der Waals surface area contributed by atoms with Gasteiger partial charge in [0.1, 0.15) is 9.88 Å². The van der Waals surface area contributed by atoms with Crippen molar-refractivity contribution in [2.24, 2.45) is 4.99 Å². The molecule has 1 unspecified atom stereocenters. The second-order valence-corrected chi connectivity index (χ2v) is 7.09. The Kier molecular flexibility index (Phi) is 7.43. The molecule has 7 heteroatoms. The second kappa shape index (κ2) is 9.56. The van der Waals surface area contributed by atoms with Crippen molar-refractivity contribution >= 4 is 23.3 Å². The zero-order valence-corrected chi connectivity index (χ0v) is 16.3. The van der Waals surface area contributed by atoms with Crippen molar-refractivity contribution in [3.63, 3.8) is 0 Å². The first kappa shape index (κ1) is 19.4. The van der Waals surface area contributed by atoms with E-state index in [1.54, 1.807) is 14.0 Å². The average molecular weight is 365 g/mol. The lowest BCUT2D eigenvalue weighted by molar-refractivity contribution is 0.0531. The van der Waals surface area contributed by atoms with Gasteiger partial charge in [-0.15, -0.1) is 11.3 Å². The van der Waals surface area contributed by atoms with Crippen molar-refractivity contribution in [1.82, 2.24) is 15.6 Å². The molecule has 2 rings (SSSR count). The summed E-state index contributed by atoms with van der Waals surface area (Å²) < 4.78 is 5.08. The van der Waals surface area contributed by atoms with Gasteiger partial charge in [0.05, 0.1) is 18.3 Å². The Morgan fingerprint density at radius 2 is 2.32 bits per heavy atom. The molecule has 138 valence electrons. The maximum absolute atomic E-state index is 11.9.